The van der Waals surface area contributed by atoms with E-state index in [-0.39, 0.29) is 11.3 Å². The number of rotatable bonds is 3. The molecule has 2 heterocycles. The Kier molecular flexibility index (Phi) is 5.00. The van der Waals surface area contributed by atoms with Crippen LogP contribution in [0.25, 0.3) is 6.08 Å². The number of nitrogens with zero attached hydrogens (tertiary/aromatic N) is 2. The number of anilines is 1. The van der Waals surface area contributed by atoms with Gasteiger partial charge < -0.3 is 15.1 Å². The molecule has 2 fully saturated rings. The van der Waals surface area contributed by atoms with Crippen molar-refractivity contribution >= 4 is 29.4 Å². The molecule has 1 unspecified atom stereocenters. The van der Waals surface area contributed by atoms with E-state index in [0.717, 1.165) is 42.2 Å². The number of piperazine rings is 1. The van der Waals surface area contributed by atoms with Gasteiger partial charge >= 0.3 is 0 Å². The number of carbonyl (C=O) groups excluding carboxylic acids is 1. The van der Waals surface area contributed by atoms with E-state index < -0.39 is 0 Å². The van der Waals surface area contributed by atoms with E-state index in [1.54, 1.807) is 11.8 Å². The number of nitrogens with one attached hydrogen (secondary N) is 1. The molecule has 0 radical (unpaired) electrons. The Morgan fingerprint density at radius 1 is 1.00 bits per heavy atom. The van der Waals surface area contributed by atoms with Gasteiger partial charge in [0.25, 0.3) is 5.91 Å². The maximum atomic E-state index is 12.5. The molecule has 0 spiro atoms. The van der Waals surface area contributed by atoms with Gasteiger partial charge in [-0.3, -0.25) is 4.79 Å². The Hall–Kier alpha value is -2.24. The molecular formula is C21H23N3OS. The normalized spacial score (nSPS) is 22.7. The molecule has 5 heteroatoms. The first kappa shape index (κ1) is 17.2. The SMILES string of the molecule is CN1CCN(c2ccccc2C=C2SC(c3ccccc3)NC2=O)CC1. The molecule has 0 aromatic heterocycles. The fraction of sp³-hybridized carbons (Fsp3) is 0.286. The minimum atomic E-state index is -0.00857. The lowest BCUT2D eigenvalue weighted by molar-refractivity contribution is -0.116. The van der Waals surface area contributed by atoms with Crippen LogP contribution >= 0.6 is 11.8 Å². The summed E-state index contributed by atoms with van der Waals surface area (Å²) in [6.45, 7) is 4.16. The van der Waals surface area contributed by atoms with E-state index in [2.05, 4.69) is 52.5 Å². The second kappa shape index (κ2) is 7.56. The highest BCUT2D eigenvalue weighted by molar-refractivity contribution is 8.04. The second-order valence-electron chi connectivity index (χ2n) is 6.74. The van der Waals surface area contributed by atoms with Gasteiger partial charge in [-0.1, -0.05) is 60.3 Å². The molecule has 2 aromatic rings. The molecule has 1 amide bonds. The van der Waals surface area contributed by atoms with Gasteiger partial charge in [-0.25, -0.2) is 0 Å². The lowest BCUT2D eigenvalue weighted by Gasteiger charge is -2.34. The first-order chi connectivity index (χ1) is 12.7. The Morgan fingerprint density at radius 2 is 1.69 bits per heavy atom. The van der Waals surface area contributed by atoms with E-state index in [4.69, 9.17) is 0 Å². The number of likely N-dealkylation sites (N-methyl/N-ethyl adjacent to an activating group) is 1. The van der Waals surface area contributed by atoms with Crippen LogP contribution in [0.1, 0.15) is 16.5 Å². The third-order valence-electron chi connectivity index (χ3n) is 4.90. The van der Waals surface area contributed by atoms with Gasteiger partial charge in [-0.2, -0.15) is 0 Å². The number of hydrogen-bond acceptors (Lipinski definition) is 4. The molecule has 0 aliphatic carbocycles. The van der Waals surface area contributed by atoms with Gasteiger partial charge in [0.15, 0.2) is 0 Å². The highest BCUT2D eigenvalue weighted by Gasteiger charge is 2.28. The zero-order valence-electron chi connectivity index (χ0n) is 14.9. The van der Waals surface area contributed by atoms with Crippen LogP contribution in [0.3, 0.4) is 0 Å². The molecule has 134 valence electrons. The van der Waals surface area contributed by atoms with Gasteiger partial charge in [0.05, 0.1) is 4.91 Å². The molecule has 4 nitrogen and oxygen atoms in total. The molecule has 26 heavy (non-hydrogen) atoms. The van der Waals surface area contributed by atoms with Crippen molar-refractivity contribution in [1.82, 2.24) is 10.2 Å². The van der Waals surface area contributed by atoms with Crippen LogP contribution in [-0.2, 0) is 4.79 Å². The lowest BCUT2D eigenvalue weighted by atomic mass is 10.1. The first-order valence-corrected chi connectivity index (χ1v) is 9.85. The van der Waals surface area contributed by atoms with Crippen molar-refractivity contribution in [3.05, 3.63) is 70.6 Å². The van der Waals surface area contributed by atoms with Crippen molar-refractivity contribution < 1.29 is 4.79 Å². The smallest absolute Gasteiger partial charge is 0.258 e. The molecule has 1 atom stereocenters. The standard InChI is InChI=1S/C21H23N3OS/c1-23-11-13-24(14-12-23)18-10-6-5-9-17(18)15-19-20(25)22-21(26-19)16-7-3-2-4-8-16/h2-10,15,21H,11-14H2,1H3,(H,22,25). The number of amides is 1. The van der Waals surface area contributed by atoms with Crippen LogP contribution < -0.4 is 10.2 Å². The maximum Gasteiger partial charge on any atom is 0.258 e. The van der Waals surface area contributed by atoms with Gasteiger partial charge in [-0.05, 0) is 30.3 Å². The third-order valence-corrected chi connectivity index (χ3v) is 6.08. The van der Waals surface area contributed by atoms with Crippen molar-refractivity contribution in [2.24, 2.45) is 0 Å². The number of carbonyl (C=O) groups is 1. The zero-order valence-corrected chi connectivity index (χ0v) is 15.7. The molecule has 4 rings (SSSR count). The quantitative estimate of drug-likeness (QED) is 0.847. The Morgan fingerprint density at radius 3 is 2.46 bits per heavy atom. The number of thioether (sulfide) groups is 1. The first-order valence-electron chi connectivity index (χ1n) is 8.97. The summed E-state index contributed by atoms with van der Waals surface area (Å²) in [5, 5.41) is 3.07. The molecular weight excluding hydrogens is 342 g/mol. The summed E-state index contributed by atoms with van der Waals surface area (Å²) < 4.78 is 0. The molecule has 0 bridgehead atoms. The van der Waals surface area contributed by atoms with Crippen molar-refractivity contribution in [2.45, 2.75) is 5.37 Å². The third kappa shape index (κ3) is 3.64. The van der Waals surface area contributed by atoms with Gasteiger partial charge in [0, 0.05) is 31.9 Å². The Bertz CT molecular complexity index is 813. The summed E-state index contributed by atoms with van der Waals surface area (Å²) in [5.74, 6) is 0.0111. The molecule has 0 saturated carbocycles. The zero-order chi connectivity index (χ0) is 17.9. The number of benzene rings is 2. The molecule has 2 aliphatic rings. The van der Waals surface area contributed by atoms with Crippen molar-refractivity contribution in [3.8, 4) is 0 Å². The Balaban J connectivity index is 1.58. The molecule has 1 N–H and O–H groups in total. The van der Waals surface area contributed by atoms with Crippen molar-refractivity contribution in [3.63, 3.8) is 0 Å². The van der Waals surface area contributed by atoms with E-state index in [9.17, 15) is 4.79 Å². The molecule has 2 aliphatic heterocycles. The van der Waals surface area contributed by atoms with Crippen LogP contribution in [0.4, 0.5) is 5.69 Å². The predicted molar refractivity (Wildman–Crippen MR) is 109 cm³/mol. The minimum absolute atomic E-state index is 0.00857. The monoisotopic (exact) mass is 365 g/mol. The average Bonchev–Trinajstić information content (AvgIpc) is 3.04. The van der Waals surface area contributed by atoms with Crippen LogP contribution in [0, 0.1) is 0 Å². The van der Waals surface area contributed by atoms with Crippen LogP contribution in [-0.4, -0.2) is 44.0 Å². The predicted octanol–water partition coefficient (Wildman–Crippen LogP) is 3.34. The summed E-state index contributed by atoms with van der Waals surface area (Å²) in [4.78, 5) is 18.0. The summed E-state index contributed by atoms with van der Waals surface area (Å²) in [5.41, 5.74) is 3.45. The summed E-state index contributed by atoms with van der Waals surface area (Å²) in [7, 11) is 2.16. The lowest BCUT2D eigenvalue weighted by Crippen LogP contribution is -2.44. The fourth-order valence-electron chi connectivity index (χ4n) is 3.37. The highest BCUT2D eigenvalue weighted by atomic mass is 32.2. The van der Waals surface area contributed by atoms with E-state index in [0.29, 0.717) is 0 Å². The van der Waals surface area contributed by atoms with E-state index in [1.807, 2.05) is 30.3 Å². The van der Waals surface area contributed by atoms with Gasteiger partial charge in [0.1, 0.15) is 5.37 Å². The summed E-state index contributed by atoms with van der Waals surface area (Å²) >= 11 is 1.60. The number of para-hydroxylation sites is 1. The fourth-order valence-corrected chi connectivity index (χ4v) is 4.44. The second-order valence-corrected chi connectivity index (χ2v) is 7.89. The number of hydrogen-bond donors (Lipinski definition) is 1. The topological polar surface area (TPSA) is 35.6 Å². The van der Waals surface area contributed by atoms with Crippen molar-refractivity contribution in [2.75, 3.05) is 38.1 Å². The van der Waals surface area contributed by atoms with Crippen LogP contribution in [0.15, 0.2) is 59.5 Å². The average molecular weight is 366 g/mol. The maximum absolute atomic E-state index is 12.5. The van der Waals surface area contributed by atoms with Crippen molar-refractivity contribution in [1.29, 1.82) is 0 Å². The minimum Gasteiger partial charge on any atom is -0.368 e. The van der Waals surface area contributed by atoms with Gasteiger partial charge in [0.2, 0.25) is 0 Å². The Labute approximate surface area is 158 Å². The van der Waals surface area contributed by atoms with Crippen LogP contribution in [0.2, 0.25) is 0 Å². The van der Waals surface area contributed by atoms with Gasteiger partial charge in [-0.15, -0.1) is 0 Å². The molecule has 2 saturated heterocycles. The van der Waals surface area contributed by atoms with E-state index >= 15 is 0 Å². The molecule has 2 aromatic carbocycles. The summed E-state index contributed by atoms with van der Waals surface area (Å²) in [6.07, 6.45) is 2.04. The highest BCUT2D eigenvalue weighted by Crippen LogP contribution is 2.40. The largest absolute Gasteiger partial charge is 0.368 e. The van der Waals surface area contributed by atoms with E-state index in [1.165, 1.54) is 5.69 Å². The summed E-state index contributed by atoms with van der Waals surface area (Å²) in [6, 6.07) is 18.5. The van der Waals surface area contributed by atoms with Crippen LogP contribution in [0.5, 0.6) is 0 Å².